The zero-order valence-electron chi connectivity index (χ0n) is 11.9. The molecule has 0 radical (unpaired) electrons. The molecule has 0 saturated carbocycles. The van der Waals surface area contributed by atoms with E-state index >= 15 is 0 Å². The van der Waals surface area contributed by atoms with Crippen molar-refractivity contribution in [2.45, 2.75) is 13.1 Å². The number of carbonyl (C=O) groups excluding carboxylic acids is 1. The number of hydrogen-bond donors (Lipinski definition) is 0. The normalized spacial score (nSPS) is 10.6. The number of nitrogens with zero attached hydrogens (tertiary/aromatic N) is 1. The van der Waals surface area contributed by atoms with Gasteiger partial charge in [-0.05, 0) is 24.2 Å². The molecule has 3 heteroatoms. The van der Waals surface area contributed by atoms with Gasteiger partial charge in [0.25, 0.3) is 0 Å². The molecule has 0 amide bonds. The summed E-state index contributed by atoms with van der Waals surface area (Å²) in [7, 11) is 3.45. The molecule has 20 heavy (non-hydrogen) atoms. The molecule has 0 bridgehead atoms. The van der Waals surface area contributed by atoms with E-state index in [-0.39, 0.29) is 5.97 Å². The van der Waals surface area contributed by atoms with E-state index < -0.39 is 0 Å². The van der Waals surface area contributed by atoms with Crippen molar-refractivity contribution in [2.24, 2.45) is 0 Å². The van der Waals surface area contributed by atoms with E-state index in [0.29, 0.717) is 12.1 Å². The Balaban J connectivity index is 2.08. The van der Waals surface area contributed by atoms with Gasteiger partial charge in [-0.15, -0.1) is 0 Å². The first kappa shape index (κ1) is 14.3. The van der Waals surface area contributed by atoms with Gasteiger partial charge in [-0.1, -0.05) is 48.5 Å². The van der Waals surface area contributed by atoms with Crippen molar-refractivity contribution in [3.8, 4) is 0 Å². The molecule has 0 saturated heterocycles. The van der Waals surface area contributed by atoms with E-state index in [0.717, 1.165) is 12.1 Å². The average Bonchev–Trinajstić information content (AvgIpc) is 2.48. The smallest absolute Gasteiger partial charge is 0.338 e. The van der Waals surface area contributed by atoms with Gasteiger partial charge < -0.3 is 4.74 Å². The van der Waals surface area contributed by atoms with E-state index in [2.05, 4.69) is 17.0 Å². The van der Waals surface area contributed by atoms with Gasteiger partial charge in [0, 0.05) is 13.1 Å². The third-order valence-corrected chi connectivity index (χ3v) is 3.16. The quantitative estimate of drug-likeness (QED) is 0.781. The summed E-state index contributed by atoms with van der Waals surface area (Å²) < 4.78 is 4.82. The maximum atomic E-state index is 11.7. The van der Waals surface area contributed by atoms with Gasteiger partial charge in [0.05, 0.1) is 12.7 Å². The molecule has 104 valence electrons. The third kappa shape index (κ3) is 3.68. The van der Waals surface area contributed by atoms with Gasteiger partial charge >= 0.3 is 5.97 Å². The highest BCUT2D eigenvalue weighted by molar-refractivity contribution is 5.90. The number of methoxy groups -OCH3 is 1. The standard InChI is InChI=1S/C17H19NO2/c1-18(12-14-8-4-3-5-9-14)13-15-10-6-7-11-16(15)17(19)20-2/h3-11H,12-13H2,1-2H3. The van der Waals surface area contributed by atoms with Crippen LogP contribution < -0.4 is 0 Å². The molecule has 0 aromatic heterocycles. The molecule has 0 N–H and O–H groups in total. The fourth-order valence-corrected chi connectivity index (χ4v) is 2.21. The van der Waals surface area contributed by atoms with Crippen LogP contribution in [0.15, 0.2) is 54.6 Å². The SMILES string of the molecule is COC(=O)c1ccccc1CN(C)Cc1ccccc1. The summed E-state index contributed by atoms with van der Waals surface area (Å²) in [6.07, 6.45) is 0. The van der Waals surface area contributed by atoms with Crippen LogP contribution in [-0.2, 0) is 17.8 Å². The Hall–Kier alpha value is -2.13. The van der Waals surface area contributed by atoms with Gasteiger partial charge in [-0.25, -0.2) is 4.79 Å². The Labute approximate surface area is 119 Å². The van der Waals surface area contributed by atoms with Crippen LogP contribution in [0.3, 0.4) is 0 Å². The van der Waals surface area contributed by atoms with E-state index in [9.17, 15) is 4.79 Å². The second-order valence-corrected chi connectivity index (χ2v) is 4.81. The van der Waals surface area contributed by atoms with Crippen molar-refractivity contribution in [1.82, 2.24) is 4.90 Å². The van der Waals surface area contributed by atoms with Crippen molar-refractivity contribution in [1.29, 1.82) is 0 Å². The molecule has 2 aromatic carbocycles. The van der Waals surface area contributed by atoms with E-state index in [1.54, 1.807) is 6.07 Å². The second kappa shape index (κ2) is 6.87. The lowest BCUT2D eigenvalue weighted by Gasteiger charge is -2.18. The Kier molecular flexibility index (Phi) is 4.91. The Morgan fingerprint density at radius 1 is 1.00 bits per heavy atom. The highest BCUT2D eigenvalue weighted by Crippen LogP contribution is 2.14. The van der Waals surface area contributed by atoms with Gasteiger partial charge in [-0.3, -0.25) is 4.90 Å². The Morgan fingerprint density at radius 2 is 1.65 bits per heavy atom. The molecular formula is C17H19NO2. The molecular weight excluding hydrogens is 250 g/mol. The second-order valence-electron chi connectivity index (χ2n) is 4.81. The van der Waals surface area contributed by atoms with Crippen LogP contribution in [0.2, 0.25) is 0 Å². The number of benzene rings is 2. The first-order valence-corrected chi connectivity index (χ1v) is 6.59. The predicted octanol–water partition coefficient (Wildman–Crippen LogP) is 3.11. The lowest BCUT2D eigenvalue weighted by Crippen LogP contribution is -2.19. The molecule has 0 atom stereocenters. The monoisotopic (exact) mass is 269 g/mol. The highest BCUT2D eigenvalue weighted by Gasteiger charge is 2.12. The molecule has 0 unspecified atom stereocenters. The minimum atomic E-state index is -0.284. The fraction of sp³-hybridized carbons (Fsp3) is 0.235. The molecule has 0 spiro atoms. The van der Waals surface area contributed by atoms with E-state index in [4.69, 9.17) is 4.74 Å². The first-order chi connectivity index (χ1) is 9.70. The minimum Gasteiger partial charge on any atom is -0.465 e. The summed E-state index contributed by atoms with van der Waals surface area (Å²) in [6.45, 7) is 1.55. The molecule has 3 nitrogen and oxygen atoms in total. The topological polar surface area (TPSA) is 29.5 Å². The lowest BCUT2D eigenvalue weighted by molar-refractivity contribution is 0.0598. The fourth-order valence-electron chi connectivity index (χ4n) is 2.21. The summed E-state index contributed by atoms with van der Waals surface area (Å²) >= 11 is 0. The van der Waals surface area contributed by atoms with Gasteiger partial charge in [-0.2, -0.15) is 0 Å². The van der Waals surface area contributed by atoms with Crippen molar-refractivity contribution in [2.75, 3.05) is 14.2 Å². The molecule has 0 heterocycles. The van der Waals surface area contributed by atoms with Crippen LogP contribution in [0.25, 0.3) is 0 Å². The molecule has 2 aromatic rings. The number of esters is 1. The minimum absolute atomic E-state index is 0.284. The number of carbonyl (C=O) groups is 1. The van der Waals surface area contributed by atoms with Crippen LogP contribution in [-0.4, -0.2) is 25.0 Å². The number of rotatable bonds is 5. The van der Waals surface area contributed by atoms with E-state index in [1.165, 1.54) is 12.7 Å². The van der Waals surface area contributed by atoms with Crippen LogP contribution >= 0.6 is 0 Å². The Bertz CT molecular complexity index is 566. The van der Waals surface area contributed by atoms with E-state index in [1.807, 2.05) is 43.4 Å². The summed E-state index contributed by atoms with van der Waals surface area (Å²) in [5.74, 6) is -0.284. The number of ether oxygens (including phenoxy) is 1. The van der Waals surface area contributed by atoms with Crippen LogP contribution in [0.5, 0.6) is 0 Å². The lowest BCUT2D eigenvalue weighted by atomic mass is 10.1. The van der Waals surface area contributed by atoms with Crippen LogP contribution in [0.1, 0.15) is 21.5 Å². The van der Waals surface area contributed by atoms with Crippen LogP contribution in [0.4, 0.5) is 0 Å². The Morgan fingerprint density at radius 3 is 2.35 bits per heavy atom. The zero-order valence-corrected chi connectivity index (χ0v) is 11.9. The molecule has 2 rings (SSSR count). The van der Waals surface area contributed by atoms with Crippen LogP contribution in [0, 0.1) is 0 Å². The van der Waals surface area contributed by atoms with Crippen molar-refractivity contribution < 1.29 is 9.53 Å². The zero-order chi connectivity index (χ0) is 14.4. The molecule has 0 aliphatic rings. The maximum absolute atomic E-state index is 11.7. The maximum Gasteiger partial charge on any atom is 0.338 e. The summed E-state index contributed by atoms with van der Waals surface area (Å²) in [4.78, 5) is 13.9. The summed E-state index contributed by atoms with van der Waals surface area (Å²) in [6, 6.07) is 17.8. The first-order valence-electron chi connectivity index (χ1n) is 6.59. The number of hydrogen-bond acceptors (Lipinski definition) is 3. The molecule has 0 aliphatic carbocycles. The molecule has 0 fully saturated rings. The summed E-state index contributed by atoms with van der Waals surface area (Å²) in [5, 5.41) is 0. The highest BCUT2D eigenvalue weighted by atomic mass is 16.5. The van der Waals surface area contributed by atoms with Crippen molar-refractivity contribution >= 4 is 5.97 Å². The largest absolute Gasteiger partial charge is 0.465 e. The van der Waals surface area contributed by atoms with Crippen molar-refractivity contribution in [3.05, 3.63) is 71.3 Å². The van der Waals surface area contributed by atoms with Gasteiger partial charge in [0.15, 0.2) is 0 Å². The summed E-state index contributed by atoms with van der Waals surface area (Å²) in [5.41, 5.74) is 2.87. The average molecular weight is 269 g/mol. The molecule has 0 aliphatic heterocycles. The van der Waals surface area contributed by atoms with Gasteiger partial charge in [0.2, 0.25) is 0 Å². The third-order valence-electron chi connectivity index (χ3n) is 3.16. The van der Waals surface area contributed by atoms with Crippen molar-refractivity contribution in [3.63, 3.8) is 0 Å². The predicted molar refractivity (Wildman–Crippen MR) is 79.4 cm³/mol. The van der Waals surface area contributed by atoms with Gasteiger partial charge in [0.1, 0.15) is 0 Å².